The number of para-hydroxylation sites is 2. The van der Waals surface area contributed by atoms with Crippen molar-refractivity contribution in [2.45, 2.75) is 13.1 Å². The Labute approximate surface area is 134 Å². The molecule has 0 spiro atoms. The minimum atomic E-state index is -0.0996. The summed E-state index contributed by atoms with van der Waals surface area (Å²) in [5, 5.41) is 0. The number of hydrogen-bond donors (Lipinski definition) is 0. The molecule has 0 N–H and O–H groups in total. The van der Waals surface area contributed by atoms with Gasteiger partial charge in [0, 0.05) is 19.4 Å². The average Bonchev–Trinajstić information content (AvgIpc) is 2.93. The summed E-state index contributed by atoms with van der Waals surface area (Å²) in [7, 11) is 1.74. The zero-order valence-corrected chi connectivity index (χ0v) is 12.8. The van der Waals surface area contributed by atoms with Crippen molar-refractivity contribution in [3.63, 3.8) is 0 Å². The normalized spacial score (nSPS) is 10.4. The monoisotopic (exact) mass is 304 g/mol. The number of carbonyl (C=O) groups is 1. The van der Waals surface area contributed by atoms with Gasteiger partial charge >= 0.3 is 0 Å². The molecule has 23 heavy (non-hydrogen) atoms. The third-order valence-electron chi connectivity index (χ3n) is 3.62. The molecule has 1 amide bonds. The first-order chi connectivity index (χ1) is 11.2. The highest BCUT2D eigenvalue weighted by Gasteiger charge is 2.16. The lowest BCUT2D eigenvalue weighted by molar-refractivity contribution is 0.0780. The molecule has 1 aromatic carbocycles. The Bertz CT molecular complexity index is 877. The third kappa shape index (κ3) is 2.92. The molecule has 3 rings (SSSR count). The van der Waals surface area contributed by atoms with Crippen LogP contribution in [0.25, 0.3) is 11.0 Å². The van der Waals surface area contributed by atoms with Crippen LogP contribution in [0.5, 0.6) is 0 Å². The van der Waals surface area contributed by atoms with Crippen LogP contribution in [0.3, 0.4) is 0 Å². The number of benzene rings is 1. The molecule has 0 saturated carbocycles. The van der Waals surface area contributed by atoms with Gasteiger partial charge in [-0.1, -0.05) is 18.1 Å². The van der Waals surface area contributed by atoms with Crippen LogP contribution in [0, 0.1) is 12.3 Å². The van der Waals surface area contributed by atoms with Gasteiger partial charge in [-0.05, 0) is 24.3 Å². The number of imidazole rings is 1. The van der Waals surface area contributed by atoms with Gasteiger partial charge in [0.2, 0.25) is 0 Å². The Morgan fingerprint density at radius 2 is 2.13 bits per heavy atom. The van der Waals surface area contributed by atoms with E-state index in [2.05, 4.69) is 15.9 Å². The largest absolute Gasteiger partial charge is 0.334 e. The highest BCUT2D eigenvalue weighted by molar-refractivity contribution is 5.93. The second-order valence-electron chi connectivity index (χ2n) is 5.21. The molecular formula is C18H16N4O. The van der Waals surface area contributed by atoms with Gasteiger partial charge < -0.3 is 9.47 Å². The van der Waals surface area contributed by atoms with Gasteiger partial charge in [0.25, 0.3) is 5.91 Å². The maximum atomic E-state index is 12.4. The molecule has 2 heterocycles. The molecule has 5 heteroatoms. The molecule has 0 aliphatic heterocycles. The van der Waals surface area contributed by atoms with Crippen LogP contribution < -0.4 is 0 Å². The molecule has 0 saturated heterocycles. The van der Waals surface area contributed by atoms with Crippen molar-refractivity contribution in [3.8, 4) is 12.3 Å². The molecule has 0 fully saturated rings. The smallest absolute Gasteiger partial charge is 0.255 e. The highest BCUT2D eigenvalue weighted by Crippen LogP contribution is 2.17. The summed E-state index contributed by atoms with van der Waals surface area (Å²) in [6.45, 7) is 0.800. The fraction of sp³-hybridized carbons (Fsp3) is 0.167. The number of carbonyl (C=O) groups excluding carboxylic acids is 1. The number of terminal acetylenes is 1. The number of amides is 1. The zero-order valence-electron chi connectivity index (χ0n) is 12.8. The van der Waals surface area contributed by atoms with Gasteiger partial charge in [0.1, 0.15) is 5.82 Å². The van der Waals surface area contributed by atoms with Crippen molar-refractivity contribution in [1.82, 2.24) is 19.4 Å². The second kappa shape index (κ2) is 6.32. The van der Waals surface area contributed by atoms with E-state index in [0.717, 1.165) is 16.9 Å². The molecule has 3 aromatic rings. The molecule has 0 aliphatic carbocycles. The molecule has 0 atom stereocenters. The maximum Gasteiger partial charge on any atom is 0.255 e. The minimum Gasteiger partial charge on any atom is -0.334 e. The summed E-state index contributed by atoms with van der Waals surface area (Å²) in [6.07, 6.45) is 8.67. The van der Waals surface area contributed by atoms with Gasteiger partial charge in [-0.3, -0.25) is 9.78 Å². The lowest BCUT2D eigenvalue weighted by atomic mass is 10.2. The zero-order chi connectivity index (χ0) is 16.2. The van der Waals surface area contributed by atoms with E-state index in [1.165, 1.54) is 0 Å². The van der Waals surface area contributed by atoms with Crippen molar-refractivity contribution < 1.29 is 4.79 Å². The number of aromatic nitrogens is 3. The van der Waals surface area contributed by atoms with Gasteiger partial charge in [-0.2, -0.15) is 0 Å². The van der Waals surface area contributed by atoms with E-state index in [-0.39, 0.29) is 5.91 Å². The molecule has 0 bridgehead atoms. The Hall–Kier alpha value is -3.13. The number of nitrogens with zero attached hydrogens (tertiary/aromatic N) is 4. The first-order valence-electron chi connectivity index (χ1n) is 7.24. The predicted octanol–water partition coefficient (Wildman–Crippen LogP) is 2.34. The SMILES string of the molecule is C#CCn1c(CN(C)C(=O)c2cccnc2)nc2ccccc21. The molecule has 2 aromatic heterocycles. The van der Waals surface area contributed by atoms with E-state index in [9.17, 15) is 4.79 Å². The standard InChI is InChI=1S/C18H16N4O/c1-3-11-22-16-9-5-4-8-15(16)20-17(22)13-21(2)18(23)14-7-6-10-19-12-14/h1,4-10,12H,11,13H2,2H3. The van der Waals surface area contributed by atoms with E-state index >= 15 is 0 Å². The lowest BCUT2D eigenvalue weighted by Gasteiger charge is -2.17. The fourth-order valence-electron chi connectivity index (χ4n) is 2.51. The van der Waals surface area contributed by atoms with E-state index < -0.39 is 0 Å². The van der Waals surface area contributed by atoms with E-state index in [1.54, 1.807) is 36.5 Å². The van der Waals surface area contributed by atoms with Crippen LogP contribution >= 0.6 is 0 Å². The van der Waals surface area contributed by atoms with E-state index in [1.807, 2.05) is 28.8 Å². The molecule has 114 valence electrons. The number of pyridine rings is 1. The van der Waals surface area contributed by atoms with Crippen molar-refractivity contribution >= 4 is 16.9 Å². The Balaban J connectivity index is 1.90. The van der Waals surface area contributed by atoms with Crippen LogP contribution in [-0.2, 0) is 13.1 Å². The molecule has 0 aliphatic rings. The first kappa shape index (κ1) is 14.8. The van der Waals surface area contributed by atoms with Crippen LogP contribution in [0.15, 0.2) is 48.8 Å². The summed E-state index contributed by atoms with van der Waals surface area (Å²) in [5.74, 6) is 3.31. The molecule has 0 radical (unpaired) electrons. The predicted molar refractivity (Wildman–Crippen MR) is 88.6 cm³/mol. The summed E-state index contributed by atoms with van der Waals surface area (Å²) in [6, 6.07) is 11.3. The fourth-order valence-corrected chi connectivity index (χ4v) is 2.51. The topological polar surface area (TPSA) is 51.0 Å². The van der Waals surface area contributed by atoms with E-state index in [4.69, 9.17) is 6.42 Å². The van der Waals surface area contributed by atoms with Crippen molar-refractivity contribution in [3.05, 3.63) is 60.2 Å². The highest BCUT2D eigenvalue weighted by atomic mass is 16.2. The van der Waals surface area contributed by atoms with Crippen molar-refractivity contribution in [2.24, 2.45) is 0 Å². The Kier molecular flexibility index (Phi) is 4.07. The van der Waals surface area contributed by atoms with E-state index in [0.29, 0.717) is 18.7 Å². The maximum absolute atomic E-state index is 12.4. The summed E-state index contributed by atoms with van der Waals surface area (Å²) < 4.78 is 1.96. The van der Waals surface area contributed by atoms with Crippen LogP contribution in [0.4, 0.5) is 0 Å². The Morgan fingerprint density at radius 3 is 2.87 bits per heavy atom. The number of fused-ring (bicyclic) bond motifs is 1. The van der Waals surface area contributed by atoms with Gasteiger partial charge in [0.15, 0.2) is 0 Å². The third-order valence-corrected chi connectivity index (χ3v) is 3.62. The van der Waals surface area contributed by atoms with Crippen molar-refractivity contribution in [2.75, 3.05) is 7.05 Å². The lowest BCUT2D eigenvalue weighted by Crippen LogP contribution is -2.27. The second-order valence-corrected chi connectivity index (χ2v) is 5.21. The summed E-state index contributed by atoms with van der Waals surface area (Å²) >= 11 is 0. The number of hydrogen-bond acceptors (Lipinski definition) is 3. The van der Waals surface area contributed by atoms with Gasteiger partial charge in [-0.15, -0.1) is 6.42 Å². The average molecular weight is 304 g/mol. The van der Waals surface area contributed by atoms with Crippen LogP contribution in [0.2, 0.25) is 0 Å². The minimum absolute atomic E-state index is 0.0996. The molecular weight excluding hydrogens is 288 g/mol. The quantitative estimate of drug-likeness (QED) is 0.695. The van der Waals surface area contributed by atoms with Gasteiger partial charge in [-0.25, -0.2) is 4.98 Å². The number of rotatable bonds is 4. The summed E-state index contributed by atoms with van der Waals surface area (Å²) in [5.41, 5.74) is 2.40. The molecule has 5 nitrogen and oxygen atoms in total. The van der Waals surface area contributed by atoms with Gasteiger partial charge in [0.05, 0.1) is 29.7 Å². The molecule has 0 unspecified atom stereocenters. The Morgan fingerprint density at radius 1 is 1.30 bits per heavy atom. The van der Waals surface area contributed by atoms with Crippen molar-refractivity contribution in [1.29, 1.82) is 0 Å². The summed E-state index contributed by atoms with van der Waals surface area (Å²) in [4.78, 5) is 22.6. The van der Waals surface area contributed by atoms with Crippen LogP contribution in [0.1, 0.15) is 16.2 Å². The van der Waals surface area contributed by atoms with Crippen LogP contribution in [-0.4, -0.2) is 32.4 Å². The first-order valence-corrected chi connectivity index (χ1v) is 7.24.